The molecule has 6 atom stereocenters. The second-order valence-electron chi connectivity index (χ2n) is 13.4. The zero-order valence-electron chi connectivity index (χ0n) is 29.3. The molecule has 4 N–H and O–H groups in total. The van der Waals surface area contributed by atoms with Gasteiger partial charge in [-0.3, -0.25) is 14.1 Å². The molecule has 0 bridgehead atoms. The molecule has 1 amide bonds. The van der Waals surface area contributed by atoms with Crippen molar-refractivity contribution in [3.8, 4) is 5.75 Å². The summed E-state index contributed by atoms with van der Waals surface area (Å²) in [5, 5.41) is 32.0. The van der Waals surface area contributed by atoms with E-state index < -0.39 is 57.0 Å². The minimum Gasteiger partial charge on any atom is -0.464 e. The van der Waals surface area contributed by atoms with E-state index in [-0.39, 0.29) is 35.7 Å². The average Bonchev–Trinajstić information content (AvgIpc) is 3.67. The number of benzene rings is 1. The van der Waals surface area contributed by atoms with Crippen molar-refractivity contribution < 1.29 is 47.3 Å². The largest absolute Gasteiger partial charge is 0.464 e. The number of carbonyl (C=O) groups excluding carboxylic acids is 2. The lowest BCUT2D eigenvalue weighted by atomic mass is 9.87. The maximum absolute atomic E-state index is 15.0. The van der Waals surface area contributed by atoms with Crippen molar-refractivity contribution in [3.63, 3.8) is 0 Å². The van der Waals surface area contributed by atoms with Crippen molar-refractivity contribution in [1.29, 1.82) is 0 Å². The lowest BCUT2D eigenvalue weighted by molar-refractivity contribution is -0.147. The van der Waals surface area contributed by atoms with Crippen LogP contribution in [0, 0.1) is 11.8 Å². The molecule has 280 valence electrons. The van der Waals surface area contributed by atoms with E-state index in [2.05, 4.69) is 20.5 Å². The summed E-state index contributed by atoms with van der Waals surface area (Å²) in [5.74, 6) is 0.00128. The average molecular weight is 734 g/mol. The molecule has 0 radical (unpaired) electrons. The van der Waals surface area contributed by atoms with E-state index in [9.17, 15) is 28.8 Å². The van der Waals surface area contributed by atoms with Crippen molar-refractivity contribution in [1.82, 2.24) is 19.7 Å². The number of anilines is 1. The van der Waals surface area contributed by atoms with Crippen LogP contribution in [-0.4, -0.2) is 80.4 Å². The lowest BCUT2D eigenvalue weighted by Crippen LogP contribution is -2.49. The number of para-hydroxylation sites is 1. The van der Waals surface area contributed by atoms with Crippen molar-refractivity contribution in [2.45, 2.75) is 102 Å². The highest BCUT2D eigenvalue weighted by Gasteiger charge is 2.57. The van der Waals surface area contributed by atoms with E-state index in [0.29, 0.717) is 17.9 Å². The molecule has 14 nitrogen and oxygen atoms in total. The highest BCUT2D eigenvalue weighted by molar-refractivity contribution is 7.52. The van der Waals surface area contributed by atoms with Gasteiger partial charge >= 0.3 is 13.7 Å². The molecule has 0 unspecified atom stereocenters. The van der Waals surface area contributed by atoms with E-state index in [1.54, 1.807) is 30.3 Å². The summed E-state index contributed by atoms with van der Waals surface area (Å²) in [6, 6.07) is 10.1. The van der Waals surface area contributed by atoms with E-state index >= 15 is 0 Å². The van der Waals surface area contributed by atoms with Crippen LogP contribution < -0.4 is 14.9 Å². The first-order chi connectivity index (χ1) is 24.5. The Labute approximate surface area is 297 Å². The fourth-order valence-corrected chi connectivity index (χ4v) is 8.07. The SMILES string of the molecule is CCC(CC)COC(=O)[C@H](C)N[P@](=O)(OC[C@@]1(CF)O[C@@H](c2ccc3c(NC(=O)CC4CCCCC4)ncnn23)[C@H](O)[C@@H]1O)Oc1ccccc1. The molecule has 1 aliphatic heterocycles. The number of nitrogens with zero attached hydrogens (tertiary/aromatic N) is 3. The monoisotopic (exact) mass is 733 g/mol. The van der Waals surface area contributed by atoms with Crippen LogP contribution in [-0.2, 0) is 28.2 Å². The van der Waals surface area contributed by atoms with Crippen molar-refractivity contribution >= 4 is 31.0 Å². The van der Waals surface area contributed by atoms with Gasteiger partial charge in [-0.15, -0.1) is 0 Å². The minimum absolute atomic E-state index is 0.131. The summed E-state index contributed by atoms with van der Waals surface area (Å²) >= 11 is 0. The van der Waals surface area contributed by atoms with Crippen LogP contribution in [0.15, 0.2) is 48.8 Å². The number of fused-ring (bicyclic) bond motifs is 1. The number of aromatic nitrogens is 3. The number of ether oxygens (including phenoxy) is 2. The molecule has 51 heavy (non-hydrogen) atoms. The highest BCUT2D eigenvalue weighted by atomic mass is 31.2. The third-order valence-electron chi connectivity index (χ3n) is 9.76. The Bertz CT molecular complexity index is 1650. The number of esters is 1. The van der Waals surface area contributed by atoms with Gasteiger partial charge in [-0.25, -0.2) is 18.5 Å². The first-order valence-electron chi connectivity index (χ1n) is 17.7. The van der Waals surface area contributed by atoms with Gasteiger partial charge in [0, 0.05) is 6.42 Å². The maximum Gasteiger partial charge on any atom is 0.459 e. The van der Waals surface area contributed by atoms with Crippen molar-refractivity contribution in [2.75, 3.05) is 25.2 Å². The highest BCUT2D eigenvalue weighted by Crippen LogP contribution is 2.49. The van der Waals surface area contributed by atoms with Crippen LogP contribution in [0.4, 0.5) is 10.2 Å². The molecular formula is C35H49FN5O9P. The Balaban J connectivity index is 1.32. The second-order valence-corrected chi connectivity index (χ2v) is 15.1. The summed E-state index contributed by atoms with van der Waals surface area (Å²) in [5.41, 5.74) is -1.55. The third kappa shape index (κ3) is 9.32. The molecule has 0 spiro atoms. The predicted octanol–water partition coefficient (Wildman–Crippen LogP) is 5.30. The summed E-state index contributed by atoms with van der Waals surface area (Å²) in [6.45, 7) is 3.40. The Morgan fingerprint density at radius 3 is 2.53 bits per heavy atom. The number of aliphatic hydroxyl groups excluding tert-OH is 2. The zero-order chi connectivity index (χ0) is 36.6. The molecule has 2 aliphatic rings. The summed E-state index contributed by atoms with van der Waals surface area (Å²) in [6.07, 6.45) is 3.84. The Hall–Kier alpha value is -3.46. The fraction of sp³-hybridized carbons (Fsp3) is 0.600. The number of carbonyl (C=O) groups is 2. The quantitative estimate of drug-likeness (QED) is 0.104. The van der Waals surface area contributed by atoms with Crippen LogP contribution in [0.1, 0.15) is 83.9 Å². The first kappa shape index (κ1) is 38.8. The van der Waals surface area contributed by atoms with Crippen molar-refractivity contribution in [2.24, 2.45) is 11.8 Å². The van der Waals surface area contributed by atoms with Gasteiger partial charge in [0.2, 0.25) is 5.91 Å². The van der Waals surface area contributed by atoms with Gasteiger partial charge < -0.3 is 29.5 Å². The molecule has 1 aliphatic carbocycles. The Morgan fingerprint density at radius 2 is 1.84 bits per heavy atom. The van der Waals surface area contributed by atoms with Gasteiger partial charge in [0.05, 0.1) is 18.9 Å². The van der Waals surface area contributed by atoms with Gasteiger partial charge in [0.25, 0.3) is 0 Å². The third-order valence-corrected chi connectivity index (χ3v) is 11.4. The molecule has 5 rings (SSSR count). The number of aliphatic hydroxyl groups is 2. The number of alkyl halides is 1. The van der Waals surface area contributed by atoms with E-state index in [1.807, 2.05) is 13.8 Å². The topological polar surface area (TPSA) is 183 Å². The first-order valence-corrected chi connectivity index (χ1v) is 19.2. The molecule has 1 saturated carbocycles. The number of amides is 1. The molecular weight excluding hydrogens is 684 g/mol. The van der Waals surface area contributed by atoms with Gasteiger partial charge in [0.1, 0.15) is 54.2 Å². The molecule has 2 fully saturated rings. The number of halogens is 1. The zero-order valence-corrected chi connectivity index (χ0v) is 30.2. The second kappa shape index (κ2) is 17.4. The summed E-state index contributed by atoms with van der Waals surface area (Å²) in [4.78, 5) is 29.9. The fourth-order valence-electron chi connectivity index (χ4n) is 6.52. The summed E-state index contributed by atoms with van der Waals surface area (Å²) in [7, 11) is -4.48. The molecule has 16 heteroatoms. The number of nitrogens with one attached hydrogen (secondary N) is 2. The Kier molecular flexibility index (Phi) is 13.2. The van der Waals surface area contributed by atoms with Crippen LogP contribution >= 0.6 is 7.75 Å². The van der Waals surface area contributed by atoms with Crippen LogP contribution in [0.2, 0.25) is 0 Å². The predicted molar refractivity (Wildman–Crippen MR) is 186 cm³/mol. The van der Waals surface area contributed by atoms with Gasteiger partial charge in [0.15, 0.2) is 5.82 Å². The molecule has 1 saturated heterocycles. The lowest BCUT2D eigenvalue weighted by Gasteiger charge is -2.31. The number of rotatable bonds is 17. The number of hydrogen-bond donors (Lipinski definition) is 4. The van der Waals surface area contributed by atoms with Crippen LogP contribution in [0.3, 0.4) is 0 Å². The van der Waals surface area contributed by atoms with Crippen LogP contribution in [0.25, 0.3) is 5.52 Å². The smallest absolute Gasteiger partial charge is 0.459 e. The van der Waals surface area contributed by atoms with Gasteiger partial charge in [-0.05, 0) is 55.9 Å². The Morgan fingerprint density at radius 1 is 1.12 bits per heavy atom. The maximum atomic E-state index is 15.0. The van der Waals surface area contributed by atoms with Gasteiger partial charge in [-0.1, -0.05) is 64.2 Å². The normalized spacial score (nSPS) is 24.3. The van der Waals surface area contributed by atoms with Gasteiger partial charge in [-0.2, -0.15) is 10.2 Å². The summed E-state index contributed by atoms with van der Waals surface area (Å²) < 4.78 is 53.3. The molecule has 3 aromatic rings. The molecule has 2 aromatic heterocycles. The molecule has 1 aromatic carbocycles. The molecule has 3 heterocycles. The van der Waals surface area contributed by atoms with E-state index in [4.69, 9.17) is 18.5 Å². The number of hydrogen-bond acceptors (Lipinski definition) is 11. The minimum atomic E-state index is -4.48. The van der Waals surface area contributed by atoms with Crippen molar-refractivity contribution in [3.05, 3.63) is 54.5 Å². The standard InChI is InChI=1S/C35H49FN5O9P/c1-4-24(5-2)19-47-34(45)23(3)40-51(46,50-26-14-10-7-11-15-26)48-21-35(20-36)32(44)30(43)31(49-35)27-16-17-28-33(37-22-38-41(27)28)39-29(42)18-25-12-8-6-9-13-25/h7,10-11,14-17,22-25,30-32,43-44H,4-6,8-9,12-13,18-21H2,1-3H3,(H,40,46)(H,37,38,39,42)/t23-,30-,31-,32-,35+,51-/m0/s1. The van der Waals surface area contributed by atoms with E-state index in [0.717, 1.165) is 38.5 Å². The van der Waals surface area contributed by atoms with E-state index in [1.165, 1.54) is 36.3 Å². The van der Waals surface area contributed by atoms with Crippen LogP contribution in [0.5, 0.6) is 5.75 Å².